The molecule has 1 nitrogen and oxygen atoms in total. The second-order valence-corrected chi connectivity index (χ2v) is 3.71. The Bertz CT molecular complexity index is 318. The Morgan fingerprint density at radius 2 is 2.00 bits per heavy atom. The number of benzene rings is 1. The highest BCUT2D eigenvalue weighted by atomic mass is 19.4. The fourth-order valence-electron chi connectivity index (χ4n) is 1.30. The summed E-state index contributed by atoms with van der Waals surface area (Å²) in [6, 6.07) is 5.40. The Hall–Kier alpha value is -1.03. The third-order valence-electron chi connectivity index (χ3n) is 2.14. The zero-order chi connectivity index (χ0) is 11.5. The van der Waals surface area contributed by atoms with E-state index in [1.807, 2.05) is 6.92 Å². The van der Waals surface area contributed by atoms with E-state index < -0.39 is 11.7 Å². The van der Waals surface area contributed by atoms with Crippen LogP contribution in [0.15, 0.2) is 24.3 Å². The molecule has 0 heterocycles. The number of hydrogen-bond acceptors (Lipinski definition) is 1. The van der Waals surface area contributed by atoms with E-state index in [-0.39, 0.29) is 6.04 Å². The van der Waals surface area contributed by atoms with Gasteiger partial charge in [-0.05, 0) is 31.4 Å². The van der Waals surface area contributed by atoms with E-state index in [2.05, 4.69) is 0 Å². The highest BCUT2D eigenvalue weighted by Crippen LogP contribution is 2.29. The molecule has 0 amide bonds. The van der Waals surface area contributed by atoms with E-state index in [1.165, 1.54) is 12.1 Å². The van der Waals surface area contributed by atoms with E-state index in [4.69, 9.17) is 5.73 Å². The first-order valence-electron chi connectivity index (χ1n) is 4.81. The van der Waals surface area contributed by atoms with Gasteiger partial charge in [0.05, 0.1) is 5.56 Å². The largest absolute Gasteiger partial charge is 0.416 e. The number of rotatable bonds is 3. The van der Waals surface area contributed by atoms with Crippen LogP contribution in [0.3, 0.4) is 0 Å². The normalized spacial score (nSPS) is 13.9. The van der Waals surface area contributed by atoms with Crippen molar-refractivity contribution in [1.82, 2.24) is 0 Å². The van der Waals surface area contributed by atoms with Crippen LogP contribution in [0.25, 0.3) is 0 Å². The number of nitrogens with two attached hydrogens (primary N) is 1. The SMILES string of the molecule is C[C@@H](N)CCc1cccc(C(F)(F)F)c1. The molecule has 1 atom stereocenters. The maximum atomic E-state index is 12.3. The lowest BCUT2D eigenvalue weighted by molar-refractivity contribution is -0.137. The van der Waals surface area contributed by atoms with E-state index in [0.717, 1.165) is 6.07 Å². The Morgan fingerprint density at radius 1 is 1.33 bits per heavy atom. The van der Waals surface area contributed by atoms with Gasteiger partial charge in [0.15, 0.2) is 0 Å². The summed E-state index contributed by atoms with van der Waals surface area (Å²) in [7, 11) is 0. The van der Waals surface area contributed by atoms with Crippen LogP contribution in [0, 0.1) is 0 Å². The van der Waals surface area contributed by atoms with Crippen LogP contribution in [0.5, 0.6) is 0 Å². The van der Waals surface area contributed by atoms with Crippen LogP contribution in [0.2, 0.25) is 0 Å². The van der Waals surface area contributed by atoms with Crippen LogP contribution >= 0.6 is 0 Å². The third-order valence-corrected chi connectivity index (χ3v) is 2.14. The summed E-state index contributed by atoms with van der Waals surface area (Å²) in [5.41, 5.74) is 5.63. The van der Waals surface area contributed by atoms with Gasteiger partial charge in [-0.15, -0.1) is 0 Å². The Labute approximate surface area is 87.1 Å². The van der Waals surface area contributed by atoms with E-state index in [1.54, 1.807) is 6.07 Å². The summed E-state index contributed by atoms with van der Waals surface area (Å²) >= 11 is 0. The third kappa shape index (κ3) is 3.91. The fourth-order valence-corrected chi connectivity index (χ4v) is 1.30. The van der Waals surface area contributed by atoms with Crippen molar-refractivity contribution < 1.29 is 13.2 Å². The van der Waals surface area contributed by atoms with Gasteiger partial charge < -0.3 is 5.73 Å². The van der Waals surface area contributed by atoms with Crippen molar-refractivity contribution in [1.29, 1.82) is 0 Å². The molecule has 0 bridgehead atoms. The van der Waals surface area contributed by atoms with Crippen molar-refractivity contribution in [2.24, 2.45) is 5.73 Å². The molecular formula is C11H14F3N. The van der Waals surface area contributed by atoms with Gasteiger partial charge in [-0.1, -0.05) is 18.2 Å². The Balaban J connectivity index is 2.75. The molecule has 4 heteroatoms. The van der Waals surface area contributed by atoms with Gasteiger partial charge in [0.1, 0.15) is 0 Å². The molecule has 0 aliphatic carbocycles. The minimum atomic E-state index is -4.26. The van der Waals surface area contributed by atoms with Crippen LogP contribution in [0.1, 0.15) is 24.5 Å². The molecule has 0 spiro atoms. The molecule has 0 radical (unpaired) electrons. The molecule has 0 saturated carbocycles. The molecule has 0 aliphatic heterocycles. The number of hydrogen-bond donors (Lipinski definition) is 1. The van der Waals surface area contributed by atoms with Gasteiger partial charge in [0.2, 0.25) is 0 Å². The Kier molecular flexibility index (Phi) is 3.74. The molecule has 0 saturated heterocycles. The molecule has 84 valence electrons. The quantitative estimate of drug-likeness (QED) is 0.827. The summed E-state index contributed by atoms with van der Waals surface area (Å²) in [6.45, 7) is 1.84. The van der Waals surface area contributed by atoms with E-state index >= 15 is 0 Å². The average Bonchev–Trinajstić information content (AvgIpc) is 2.14. The molecule has 0 aromatic heterocycles. The molecule has 1 aromatic rings. The van der Waals surface area contributed by atoms with E-state index in [9.17, 15) is 13.2 Å². The highest BCUT2D eigenvalue weighted by molar-refractivity contribution is 5.25. The summed E-state index contributed by atoms with van der Waals surface area (Å²) in [5.74, 6) is 0. The van der Waals surface area contributed by atoms with Crippen molar-refractivity contribution in [3.63, 3.8) is 0 Å². The predicted octanol–water partition coefficient (Wildman–Crippen LogP) is 2.99. The minimum absolute atomic E-state index is 0.0135. The maximum absolute atomic E-state index is 12.3. The van der Waals surface area contributed by atoms with Crippen molar-refractivity contribution in [3.8, 4) is 0 Å². The molecule has 0 fully saturated rings. The topological polar surface area (TPSA) is 26.0 Å². The van der Waals surface area contributed by atoms with E-state index in [0.29, 0.717) is 18.4 Å². The van der Waals surface area contributed by atoms with Gasteiger partial charge >= 0.3 is 6.18 Å². The van der Waals surface area contributed by atoms with Crippen LogP contribution in [0.4, 0.5) is 13.2 Å². The number of halogens is 3. The number of aryl methyl sites for hydroxylation is 1. The summed E-state index contributed by atoms with van der Waals surface area (Å²) in [4.78, 5) is 0. The van der Waals surface area contributed by atoms with Gasteiger partial charge in [-0.3, -0.25) is 0 Å². The van der Waals surface area contributed by atoms with Crippen molar-refractivity contribution in [2.45, 2.75) is 32.0 Å². The highest BCUT2D eigenvalue weighted by Gasteiger charge is 2.30. The molecule has 0 unspecified atom stereocenters. The van der Waals surface area contributed by atoms with Crippen LogP contribution in [-0.2, 0) is 12.6 Å². The zero-order valence-electron chi connectivity index (χ0n) is 8.51. The lowest BCUT2D eigenvalue weighted by Gasteiger charge is -2.09. The van der Waals surface area contributed by atoms with Crippen LogP contribution < -0.4 is 5.73 Å². The summed E-state index contributed by atoms with van der Waals surface area (Å²) in [6.07, 6.45) is -2.98. The first kappa shape index (κ1) is 12.0. The fraction of sp³-hybridized carbons (Fsp3) is 0.455. The van der Waals surface area contributed by atoms with Gasteiger partial charge in [-0.2, -0.15) is 13.2 Å². The van der Waals surface area contributed by atoms with Gasteiger partial charge in [0, 0.05) is 6.04 Å². The lowest BCUT2D eigenvalue weighted by atomic mass is 10.0. The van der Waals surface area contributed by atoms with Gasteiger partial charge in [0.25, 0.3) is 0 Å². The second-order valence-electron chi connectivity index (χ2n) is 3.71. The molecule has 1 aromatic carbocycles. The Morgan fingerprint density at radius 3 is 2.53 bits per heavy atom. The van der Waals surface area contributed by atoms with Crippen molar-refractivity contribution in [2.75, 3.05) is 0 Å². The molecule has 2 N–H and O–H groups in total. The maximum Gasteiger partial charge on any atom is 0.416 e. The van der Waals surface area contributed by atoms with Crippen molar-refractivity contribution in [3.05, 3.63) is 35.4 Å². The standard InChI is InChI=1S/C11H14F3N/c1-8(15)5-6-9-3-2-4-10(7-9)11(12,13)14/h2-4,7-8H,5-6,15H2,1H3/t8-/m1/s1. The molecule has 0 aliphatic rings. The van der Waals surface area contributed by atoms with Gasteiger partial charge in [-0.25, -0.2) is 0 Å². The first-order chi connectivity index (χ1) is 6.89. The molecular weight excluding hydrogens is 203 g/mol. The number of alkyl halides is 3. The minimum Gasteiger partial charge on any atom is -0.328 e. The smallest absolute Gasteiger partial charge is 0.328 e. The zero-order valence-corrected chi connectivity index (χ0v) is 8.51. The monoisotopic (exact) mass is 217 g/mol. The predicted molar refractivity (Wildman–Crippen MR) is 53.4 cm³/mol. The first-order valence-corrected chi connectivity index (χ1v) is 4.81. The summed E-state index contributed by atoms with van der Waals surface area (Å²) < 4.78 is 37.0. The summed E-state index contributed by atoms with van der Waals surface area (Å²) in [5, 5.41) is 0. The van der Waals surface area contributed by atoms with Crippen LogP contribution in [-0.4, -0.2) is 6.04 Å². The molecule has 1 rings (SSSR count). The second kappa shape index (κ2) is 4.66. The van der Waals surface area contributed by atoms with Crippen molar-refractivity contribution >= 4 is 0 Å². The molecule has 15 heavy (non-hydrogen) atoms. The lowest BCUT2D eigenvalue weighted by Crippen LogP contribution is -2.15. The average molecular weight is 217 g/mol.